The Morgan fingerprint density at radius 1 is 1.00 bits per heavy atom. The van der Waals surface area contributed by atoms with E-state index < -0.39 is 0 Å². The highest BCUT2D eigenvalue weighted by atomic mass is 16.5. The zero-order chi connectivity index (χ0) is 12.2. The highest BCUT2D eigenvalue weighted by Crippen LogP contribution is 2.30. The number of rotatable bonds is 5. The first-order chi connectivity index (χ1) is 8.90. The molecule has 2 aromatic carbocycles. The summed E-state index contributed by atoms with van der Waals surface area (Å²) in [6.45, 7) is 0.823. The number of benzene rings is 2. The quantitative estimate of drug-likeness (QED) is 0.783. The van der Waals surface area contributed by atoms with E-state index in [1.165, 1.54) is 12.8 Å². The first-order valence-corrected chi connectivity index (χ1v) is 6.27. The van der Waals surface area contributed by atoms with Crippen molar-refractivity contribution in [2.45, 2.75) is 12.8 Å². The number of hydrogen-bond donors (Lipinski definition) is 0. The Morgan fingerprint density at radius 3 is 2.56 bits per heavy atom. The van der Waals surface area contributed by atoms with E-state index in [2.05, 4.69) is 6.07 Å². The van der Waals surface area contributed by atoms with Crippen LogP contribution in [0.25, 0.3) is 0 Å². The number of ether oxygens (including phenoxy) is 2. The van der Waals surface area contributed by atoms with Crippen LogP contribution in [0.15, 0.2) is 48.5 Å². The maximum absolute atomic E-state index is 5.74. The number of hydrogen-bond acceptors (Lipinski definition) is 2. The maximum Gasteiger partial charge on any atom is 0.131 e. The molecule has 1 radical (unpaired) electrons. The summed E-state index contributed by atoms with van der Waals surface area (Å²) in [5, 5.41) is 0. The molecule has 91 valence electrons. The zero-order valence-electron chi connectivity index (χ0n) is 10.1. The van der Waals surface area contributed by atoms with Crippen LogP contribution in [-0.4, -0.2) is 6.61 Å². The highest BCUT2D eigenvalue weighted by molar-refractivity contribution is 5.36. The zero-order valence-corrected chi connectivity index (χ0v) is 10.1. The van der Waals surface area contributed by atoms with Gasteiger partial charge in [-0.3, -0.25) is 0 Å². The van der Waals surface area contributed by atoms with Crippen LogP contribution in [0.1, 0.15) is 12.8 Å². The second-order valence-electron chi connectivity index (χ2n) is 4.57. The van der Waals surface area contributed by atoms with Crippen molar-refractivity contribution < 1.29 is 9.47 Å². The molecule has 2 heteroatoms. The summed E-state index contributed by atoms with van der Waals surface area (Å²) in [4.78, 5) is 0. The van der Waals surface area contributed by atoms with Crippen LogP contribution >= 0.6 is 0 Å². The van der Waals surface area contributed by atoms with E-state index in [0.29, 0.717) is 0 Å². The van der Waals surface area contributed by atoms with Gasteiger partial charge in [-0.05, 0) is 49.1 Å². The van der Waals surface area contributed by atoms with Gasteiger partial charge in [-0.1, -0.05) is 18.2 Å². The van der Waals surface area contributed by atoms with Gasteiger partial charge in [-0.25, -0.2) is 0 Å². The summed E-state index contributed by atoms with van der Waals surface area (Å²) in [6.07, 6.45) is 2.60. The van der Waals surface area contributed by atoms with Crippen molar-refractivity contribution in [3.8, 4) is 17.2 Å². The lowest BCUT2D eigenvalue weighted by atomic mass is 10.3. The molecule has 1 aliphatic carbocycles. The molecule has 1 fully saturated rings. The molecule has 0 aliphatic heterocycles. The topological polar surface area (TPSA) is 18.5 Å². The van der Waals surface area contributed by atoms with Crippen molar-refractivity contribution in [3.63, 3.8) is 0 Å². The second-order valence-corrected chi connectivity index (χ2v) is 4.57. The fourth-order valence-electron chi connectivity index (χ4n) is 1.70. The lowest BCUT2D eigenvalue weighted by molar-refractivity contribution is 0.298. The Labute approximate surface area is 107 Å². The summed E-state index contributed by atoms with van der Waals surface area (Å²) in [7, 11) is 0. The van der Waals surface area contributed by atoms with E-state index in [1.807, 2.05) is 48.5 Å². The van der Waals surface area contributed by atoms with E-state index in [4.69, 9.17) is 9.47 Å². The summed E-state index contributed by atoms with van der Waals surface area (Å²) in [6, 6.07) is 18.2. The predicted molar refractivity (Wildman–Crippen MR) is 70.0 cm³/mol. The molecule has 0 atom stereocenters. The first-order valence-electron chi connectivity index (χ1n) is 6.27. The third kappa shape index (κ3) is 3.04. The lowest BCUT2D eigenvalue weighted by Gasteiger charge is -2.08. The Morgan fingerprint density at radius 2 is 1.78 bits per heavy atom. The molecule has 0 heterocycles. The smallest absolute Gasteiger partial charge is 0.131 e. The summed E-state index contributed by atoms with van der Waals surface area (Å²) in [5.41, 5.74) is 0. The van der Waals surface area contributed by atoms with Gasteiger partial charge in [0.25, 0.3) is 0 Å². The fourth-order valence-corrected chi connectivity index (χ4v) is 1.70. The van der Waals surface area contributed by atoms with Crippen LogP contribution in [0.4, 0.5) is 0 Å². The largest absolute Gasteiger partial charge is 0.493 e. The van der Waals surface area contributed by atoms with Gasteiger partial charge in [0.1, 0.15) is 17.2 Å². The molecule has 0 unspecified atom stereocenters. The third-order valence-electron chi connectivity index (χ3n) is 2.91. The van der Waals surface area contributed by atoms with Gasteiger partial charge in [-0.15, -0.1) is 0 Å². The monoisotopic (exact) mass is 239 g/mol. The molecule has 1 aliphatic rings. The van der Waals surface area contributed by atoms with E-state index >= 15 is 0 Å². The van der Waals surface area contributed by atoms with Gasteiger partial charge in [-0.2, -0.15) is 0 Å². The Hall–Kier alpha value is -1.96. The van der Waals surface area contributed by atoms with E-state index in [0.717, 1.165) is 29.8 Å². The van der Waals surface area contributed by atoms with Crippen LogP contribution in [0.2, 0.25) is 0 Å². The lowest BCUT2D eigenvalue weighted by Crippen LogP contribution is -1.98. The SMILES string of the molecule is [c]1ccc(Oc2cccc(OCC3CC3)c2)cc1. The summed E-state index contributed by atoms with van der Waals surface area (Å²) < 4.78 is 11.5. The molecule has 0 amide bonds. The standard InChI is InChI=1S/C16H15O2/c1-2-5-14(6-3-1)18-16-8-4-7-15(11-16)17-12-13-9-10-13/h2-8,11,13H,9-10,12H2. The van der Waals surface area contributed by atoms with Gasteiger partial charge in [0.05, 0.1) is 6.61 Å². The van der Waals surface area contributed by atoms with Crippen molar-refractivity contribution in [3.05, 3.63) is 54.6 Å². The normalized spacial score (nSPS) is 14.2. The van der Waals surface area contributed by atoms with Gasteiger partial charge in [0.2, 0.25) is 0 Å². The van der Waals surface area contributed by atoms with Crippen molar-refractivity contribution in [2.24, 2.45) is 5.92 Å². The van der Waals surface area contributed by atoms with Gasteiger partial charge in [0.15, 0.2) is 0 Å². The Kier molecular flexibility index (Phi) is 3.18. The molecular weight excluding hydrogens is 224 g/mol. The van der Waals surface area contributed by atoms with E-state index in [9.17, 15) is 0 Å². The second kappa shape index (κ2) is 5.13. The summed E-state index contributed by atoms with van der Waals surface area (Å²) in [5.74, 6) is 3.25. The van der Waals surface area contributed by atoms with Gasteiger partial charge < -0.3 is 9.47 Å². The average molecular weight is 239 g/mol. The fraction of sp³-hybridized carbons (Fsp3) is 0.250. The maximum atomic E-state index is 5.74. The van der Waals surface area contributed by atoms with Crippen LogP contribution in [0.3, 0.4) is 0 Å². The van der Waals surface area contributed by atoms with E-state index in [1.54, 1.807) is 0 Å². The molecule has 18 heavy (non-hydrogen) atoms. The molecule has 2 aromatic rings. The van der Waals surface area contributed by atoms with Crippen molar-refractivity contribution in [1.82, 2.24) is 0 Å². The van der Waals surface area contributed by atoms with Gasteiger partial charge >= 0.3 is 0 Å². The van der Waals surface area contributed by atoms with E-state index in [-0.39, 0.29) is 0 Å². The Balaban J connectivity index is 1.66. The van der Waals surface area contributed by atoms with Crippen molar-refractivity contribution >= 4 is 0 Å². The van der Waals surface area contributed by atoms with Crippen LogP contribution < -0.4 is 9.47 Å². The molecule has 0 saturated heterocycles. The van der Waals surface area contributed by atoms with Crippen LogP contribution in [0, 0.1) is 12.0 Å². The van der Waals surface area contributed by atoms with Gasteiger partial charge in [0, 0.05) is 6.07 Å². The highest BCUT2D eigenvalue weighted by Gasteiger charge is 2.21. The predicted octanol–water partition coefficient (Wildman–Crippen LogP) is 4.07. The molecule has 2 nitrogen and oxygen atoms in total. The molecule has 1 saturated carbocycles. The van der Waals surface area contributed by atoms with Crippen LogP contribution in [-0.2, 0) is 0 Å². The third-order valence-corrected chi connectivity index (χ3v) is 2.91. The average Bonchev–Trinajstić information content (AvgIpc) is 3.22. The van der Waals surface area contributed by atoms with Crippen LogP contribution in [0.5, 0.6) is 17.2 Å². The minimum atomic E-state index is 0.763. The molecule has 0 N–H and O–H groups in total. The van der Waals surface area contributed by atoms with Crippen molar-refractivity contribution in [1.29, 1.82) is 0 Å². The molecule has 3 rings (SSSR count). The Bertz CT molecular complexity index is 504. The first kappa shape index (κ1) is 11.1. The summed E-state index contributed by atoms with van der Waals surface area (Å²) >= 11 is 0. The molecule has 0 aromatic heterocycles. The molecular formula is C16H15O2. The molecule has 0 spiro atoms. The van der Waals surface area contributed by atoms with Crippen molar-refractivity contribution in [2.75, 3.05) is 6.61 Å². The molecule has 0 bridgehead atoms. The minimum Gasteiger partial charge on any atom is -0.493 e. The minimum absolute atomic E-state index is 0.763.